The van der Waals surface area contributed by atoms with Crippen molar-refractivity contribution in [3.05, 3.63) is 53.1 Å². The average Bonchev–Trinajstić information content (AvgIpc) is 2.41. The van der Waals surface area contributed by atoms with Crippen LogP contribution in [-0.4, -0.2) is 11.7 Å². The van der Waals surface area contributed by atoms with Crippen molar-refractivity contribution in [2.24, 2.45) is 0 Å². The van der Waals surface area contributed by atoms with E-state index in [2.05, 4.69) is 5.32 Å². The summed E-state index contributed by atoms with van der Waals surface area (Å²) in [5, 5.41) is 3.34. The first-order valence-electron chi connectivity index (χ1n) is 6.09. The zero-order valence-electron chi connectivity index (χ0n) is 11.0. The number of para-hydroxylation sites is 1. The van der Waals surface area contributed by atoms with E-state index in [1.54, 1.807) is 6.07 Å². The van der Waals surface area contributed by atoms with Crippen molar-refractivity contribution in [2.45, 2.75) is 11.8 Å². The fraction of sp³-hybridized carbons (Fsp3) is 0.133. The Morgan fingerprint density at radius 1 is 1.30 bits per heavy atom. The number of carbonyl (C=O) groups excluding carboxylic acids is 1. The first kappa shape index (κ1) is 14.8. The van der Waals surface area contributed by atoms with Gasteiger partial charge in [0.05, 0.1) is 16.5 Å². The van der Waals surface area contributed by atoms with Crippen molar-refractivity contribution < 1.29 is 4.79 Å². The van der Waals surface area contributed by atoms with Gasteiger partial charge in [0.25, 0.3) is 0 Å². The highest BCUT2D eigenvalue weighted by Gasteiger charge is 2.07. The molecule has 0 saturated carbocycles. The minimum Gasteiger partial charge on any atom is -0.398 e. The number of rotatable bonds is 4. The third-order valence-electron chi connectivity index (χ3n) is 2.68. The molecule has 3 nitrogen and oxygen atoms in total. The zero-order valence-corrected chi connectivity index (χ0v) is 12.6. The molecule has 0 aliphatic rings. The summed E-state index contributed by atoms with van der Waals surface area (Å²) in [6, 6.07) is 13.0. The number of nitrogens with two attached hydrogens (primary N) is 1. The Balaban J connectivity index is 1.94. The number of anilines is 2. The summed E-state index contributed by atoms with van der Waals surface area (Å²) < 4.78 is 0. The van der Waals surface area contributed by atoms with Gasteiger partial charge in [0.15, 0.2) is 0 Å². The van der Waals surface area contributed by atoms with E-state index in [0.29, 0.717) is 22.2 Å². The van der Waals surface area contributed by atoms with Crippen LogP contribution in [0.1, 0.15) is 5.56 Å². The van der Waals surface area contributed by atoms with Gasteiger partial charge >= 0.3 is 0 Å². The van der Waals surface area contributed by atoms with Crippen molar-refractivity contribution in [2.75, 3.05) is 16.8 Å². The second-order valence-electron chi connectivity index (χ2n) is 4.36. The van der Waals surface area contributed by atoms with Crippen molar-refractivity contribution in [1.29, 1.82) is 0 Å². The number of aryl methyl sites for hydroxylation is 1. The summed E-state index contributed by atoms with van der Waals surface area (Å²) in [5.74, 6) is 0.183. The number of thioether (sulfide) groups is 1. The molecule has 0 saturated heterocycles. The molecule has 3 N–H and O–H groups in total. The molecule has 2 aromatic rings. The van der Waals surface area contributed by atoms with Gasteiger partial charge in [-0.05, 0) is 36.8 Å². The van der Waals surface area contributed by atoms with Crippen LogP contribution in [0.15, 0.2) is 47.4 Å². The first-order chi connectivity index (χ1) is 9.56. The number of nitrogen functional groups attached to an aromatic ring is 1. The van der Waals surface area contributed by atoms with Crippen LogP contribution in [0.25, 0.3) is 0 Å². The third-order valence-corrected chi connectivity index (χ3v) is 4.08. The number of carbonyl (C=O) groups is 1. The van der Waals surface area contributed by atoms with Crippen molar-refractivity contribution >= 4 is 40.6 Å². The molecular formula is C15H15ClN2OS. The highest BCUT2D eigenvalue weighted by atomic mass is 35.5. The van der Waals surface area contributed by atoms with E-state index in [9.17, 15) is 4.79 Å². The molecular weight excluding hydrogens is 292 g/mol. The summed E-state index contributed by atoms with van der Waals surface area (Å²) in [5.41, 5.74) is 8.19. The molecule has 0 fully saturated rings. The van der Waals surface area contributed by atoms with Gasteiger partial charge in [-0.25, -0.2) is 0 Å². The van der Waals surface area contributed by atoms with Crippen molar-refractivity contribution in [3.63, 3.8) is 0 Å². The molecule has 0 heterocycles. The quantitative estimate of drug-likeness (QED) is 0.664. The van der Waals surface area contributed by atoms with E-state index in [1.807, 2.05) is 43.3 Å². The van der Waals surface area contributed by atoms with Crippen LogP contribution in [0.3, 0.4) is 0 Å². The standard InChI is InChI=1S/C15H15ClN2OS/c1-10-6-7-13(11(16)8-10)18-15(19)9-20-14-5-3-2-4-12(14)17/h2-8H,9,17H2,1H3,(H,18,19). The highest BCUT2D eigenvalue weighted by molar-refractivity contribution is 8.00. The van der Waals surface area contributed by atoms with Crippen LogP contribution in [0.2, 0.25) is 5.02 Å². The van der Waals surface area contributed by atoms with E-state index in [0.717, 1.165) is 10.5 Å². The summed E-state index contributed by atoms with van der Waals surface area (Å²) in [6.07, 6.45) is 0. The summed E-state index contributed by atoms with van der Waals surface area (Å²) in [4.78, 5) is 12.8. The SMILES string of the molecule is Cc1ccc(NC(=O)CSc2ccccc2N)c(Cl)c1. The number of benzene rings is 2. The molecule has 5 heteroatoms. The highest BCUT2D eigenvalue weighted by Crippen LogP contribution is 2.26. The fourth-order valence-electron chi connectivity index (χ4n) is 1.66. The summed E-state index contributed by atoms with van der Waals surface area (Å²) in [7, 11) is 0. The number of nitrogens with one attached hydrogen (secondary N) is 1. The maximum absolute atomic E-state index is 11.9. The minimum absolute atomic E-state index is 0.107. The molecule has 0 spiro atoms. The molecule has 104 valence electrons. The van der Waals surface area contributed by atoms with Gasteiger partial charge in [0.2, 0.25) is 5.91 Å². The molecule has 2 rings (SSSR count). The minimum atomic E-state index is -0.107. The normalized spacial score (nSPS) is 10.3. The Labute approximate surface area is 127 Å². The van der Waals surface area contributed by atoms with Gasteiger partial charge in [-0.1, -0.05) is 29.8 Å². The van der Waals surface area contributed by atoms with E-state index in [4.69, 9.17) is 17.3 Å². The molecule has 0 atom stereocenters. The van der Waals surface area contributed by atoms with Crippen LogP contribution in [-0.2, 0) is 4.79 Å². The predicted molar refractivity (Wildman–Crippen MR) is 86.4 cm³/mol. The van der Waals surface area contributed by atoms with Crippen molar-refractivity contribution in [1.82, 2.24) is 0 Å². The molecule has 0 radical (unpaired) electrons. The number of hydrogen-bond acceptors (Lipinski definition) is 3. The largest absolute Gasteiger partial charge is 0.398 e. The predicted octanol–water partition coefficient (Wildman–Crippen LogP) is 3.96. The van der Waals surface area contributed by atoms with Crippen LogP contribution in [0.5, 0.6) is 0 Å². The van der Waals surface area contributed by atoms with E-state index in [-0.39, 0.29) is 5.91 Å². The monoisotopic (exact) mass is 306 g/mol. The molecule has 0 aliphatic carbocycles. The molecule has 0 aliphatic heterocycles. The summed E-state index contributed by atoms with van der Waals surface area (Å²) >= 11 is 7.48. The first-order valence-corrected chi connectivity index (χ1v) is 7.46. The maximum atomic E-state index is 11.9. The Hall–Kier alpha value is -1.65. The van der Waals surface area contributed by atoms with Crippen molar-refractivity contribution in [3.8, 4) is 0 Å². The molecule has 2 aromatic carbocycles. The molecule has 0 unspecified atom stereocenters. The lowest BCUT2D eigenvalue weighted by molar-refractivity contribution is -0.113. The number of hydrogen-bond donors (Lipinski definition) is 2. The Morgan fingerprint density at radius 3 is 2.75 bits per heavy atom. The van der Waals surface area contributed by atoms with Gasteiger partial charge in [0, 0.05) is 10.6 Å². The maximum Gasteiger partial charge on any atom is 0.234 e. The van der Waals surface area contributed by atoms with Gasteiger partial charge in [-0.3, -0.25) is 4.79 Å². The van der Waals surface area contributed by atoms with Crippen LogP contribution >= 0.6 is 23.4 Å². The average molecular weight is 307 g/mol. The summed E-state index contributed by atoms with van der Waals surface area (Å²) in [6.45, 7) is 1.95. The van der Waals surface area contributed by atoms with Crippen LogP contribution in [0, 0.1) is 6.92 Å². The second-order valence-corrected chi connectivity index (χ2v) is 5.78. The number of amides is 1. The van der Waals surface area contributed by atoms with E-state index >= 15 is 0 Å². The lowest BCUT2D eigenvalue weighted by Gasteiger charge is -2.08. The van der Waals surface area contributed by atoms with Gasteiger partial charge in [-0.2, -0.15) is 0 Å². The Kier molecular flexibility index (Phi) is 4.93. The van der Waals surface area contributed by atoms with Crippen LogP contribution < -0.4 is 11.1 Å². The Morgan fingerprint density at radius 2 is 2.05 bits per heavy atom. The topological polar surface area (TPSA) is 55.1 Å². The zero-order chi connectivity index (χ0) is 14.5. The molecule has 20 heavy (non-hydrogen) atoms. The van der Waals surface area contributed by atoms with Gasteiger partial charge in [-0.15, -0.1) is 11.8 Å². The lowest BCUT2D eigenvalue weighted by Crippen LogP contribution is -2.14. The Bertz CT molecular complexity index is 631. The van der Waals surface area contributed by atoms with E-state index < -0.39 is 0 Å². The van der Waals surface area contributed by atoms with Gasteiger partial charge < -0.3 is 11.1 Å². The van der Waals surface area contributed by atoms with Gasteiger partial charge in [0.1, 0.15) is 0 Å². The third kappa shape index (κ3) is 3.92. The lowest BCUT2D eigenvalue weighted by atomic mass is 10.2. The molecule has 0 bridgehead atoms. The number of halogens is 1. The second kappa shape index (κ2) is 6.68. The smallest absolute Gasteiger partial charge is 0.234 e. The molecule has 0 aromatic heterocycles. The fourth-order valence-corrected chi connectivity index (χ4v) is 2.71. The molecule has 1 amide bonds. The van der Waals surface area contributed by atoms with E-state index in [1.165, 1.54) is 11.8 Å². The van der Waals surface area contributed by atoms with Crippen LogP contribution in [0.4, 0.5) is 11.4 Å².